The molecule has 4 N–H and O–H groups in total. The van der Waals surface area contributed by atoms with Crippen molar-refractivity contribution in [2.45, 2.75) is 63.4 Å². The van der Waals surface area contributed by atoms with Crippen molar-refractivity contribution in [3.05, 3.63) is 11.6 Å². The Morgan fingerprint density at radius 2 is 1.70 bits per heavy atom. The maximum atomic E-state index is 10.1. The summed E-state index contributed by atoms with van der Waals surface area (Å²) in [6.07, 6.45) is 4.10. The van der Waals surface area contributed by atoms with Crippen molar-refractivity contribution in [2.24, 2.45) is 0 Å². The van der Waals surface area contributed by atoms with E-state index in [0.29, 0.717) is 5.57 Å². The third kappa shape index (κ3) is 4.53. The van der Waals surface area contributed by atoms with Crippen molar-refractivity contribution >= 4 is 0 Å². The van der Waals surface area contributed by atoms with Crippen LogP contribution >= 0.6 is 0 Å². The lowest BCUT2D eigenvalue weighted by Crippen LogP contribution is -2.54. The van der Waals surface area contributed by atoms with Crippen molar-refractivity contribution in [3.63, 3.8) is 0 Å². The molecule has 0 heterocycles. The maximum absolute atomic E-state index is 10.1. The topological polar surface area (TPSA) is 84.2 Å². The second-order valence-corrected chi connectivity index (χ2v) is 5.71. The SMILES string of the molecule is CCCCCCCN(C)[C@@H]1C=C(CO)[C@H](O)C(O)C1O. The Morgan fingerprint density at radius 3 is 2.30 bits per heavy atom. The summed E-state index contributed by atoms with van der Waals surface area (Å²) < 4.78 is 0. The minimum atomic E-state index is -1.24. The second kappa shape index (κ2) is 8.74. The molecule has 0 aliphatic heterocycles. The van der Waals surface area contributed by atoms with Crippen LogP contribution in [0.1, 0.15) is 39.0 Å². The van der Waals surface area contributed by atoms with Crippen LogP contribution in [0.3, 0.4) is 0 Å². The fraction of sp³-hybridized carbons (Fsp3) is 0.867. The first-order valence-corrected chi connectivity index (χ1v) is 7.58. The summed E-state index contributed by atoms with van der Waals surface area (Å²) in [4.78, 5) is 1.97. The zero-order valence-corrected chi connectivity index (χ0v) is 12.6. The van der Waals surface area contributed by atoms with Gasteiger partial charge in [0.2, 0.25) is 0 Å². The molecule has 0 radical (unpaired) electrons. The van der Waals surface area contributed by atoms with Gasteiger partial charge < -0.3 is 20.4 Å². The van der Waals surface area contributed by atoms with E-state index in [1.807, 2.05) is 11.9 Å². The molecule has 20 heavy (non-hydrogen) atoms. The molecule has 0 bridgehead atoms. The summed E-state index contributed by atoms with van der Waals surface area (Å²) in [6.45, 7) is 2.70. The Morgan fingerprint density at radius 1 is 1.05 bits per heavy atom. The number of rotatable bonds is 8. The highest BCUT2D eigenvalue weighted by Crippen LogP contribution is 2.23. The number of nitrogens with zero attached hydrogens (tertiary/aromatic N) is 1. The van der Waals surface area contributed by atoms with Crippen LogP contribution < -0.4 is 0 Å². The molecule has 2 unspecified atom stereocenters. The van der Waals surface area contributed by atoms with Gasteiger partial charge in [-0.3, -0.25) is 4.90 Å². The van der Waals surface area contributed by atoms with Gasteiger partial charge in [-0.1, -0.05) is 38.7 Å². The lowest BCUT2D eigenvalue weighted by atomic mass is 9.87. The van der Waals surface area contributed by atoms with Crippen LogP contribution in [0.4, 0.5) is 0 Å². The molecule has 0 spiro atoms. The van der Waals surface area contributed by atoms with E-state index in [4.69, 9.17) is 0 Å². The van der Waals surface area contributed by atoms with Crippen molar-refractivity contribution in [1.29, 1.82) is 0 Å². The molecule has 0 aromatic heterocycles. The molecular formula is C15H29NO4. The first-order valence-electron chi connectivity index (χ1n) is 7.58. The van der Waals surface area contributed by atoms with Gasteiger partial charge in [0.05, 0.1) is 12.6 Å². The molecular weight excluding hydrogens is 258 g/mol. The van der Waals surface area contributed by atoms with E-state index < -0.39 is 18.3 Å². The lowest BCUT2D eigenvalue weighted by Gasteiger charge is -2.38. The van der Waals surface area contributed by atoms with Gasteiger partial charge in [0.15, 0.2) is 0 Å². The van der Waals surface area contributed by atoms with Crippen LogP contribution in [0.15, 0.2) is 11.6 Å². The van der Waals surface area contributed by atoms with Gasteiger partial charge in [0.1, 0.15) is 18.3 Å². The summed E-state index contributed by atoms with van der Waals surface area (Å²) in [5.41, 5.74) is 0.380. The van der Waals surface area contributed by atoms with Gasteiger partial charge in [0, 0.05) is 0 Å². The van der Waals surface area contributed by atoms with E-state index in [2.05, 4.69) is 6.92 Å². The number of hydrogen-bond donors (Lipinski definition) is 4. The number of aliphatic hydroxyl groups excluding tert-OH is 4. The molecule has 118 valence electrons. The monoisotopic (exact) mass is 287 g/mol. The lowest BCUT2D eigenvalue weighted by molar-refractivity contribution is -0.0798. The predicted octanol–water partition coefficient (Wildman–Crippen LogP) is 0.272. The first kappa shape index (κ1) is 17.6. The fourth-order valence-corrected chi connectivity index (χ4v) is 2.67. The summed E-state index contributed by atoms with van der Waals surface area (Å²) in [6, 6.07) is -0.360. The largest absolute Gasteiger partial charge is 0.392 e. The van der Waals surface area contributed by atoms with E-state index >= 15 is 0 Å². The molecule has 0 saturated heterocycles. The van der Waals surface area contributed by atoms with Gasteiger partial charge in [-0.05, 0) is 25.6 Å². The summed E-state index contributed by atoms with van der Waals surface area (Å²) in [5.74, 6) is 0. The zero-order valence-electron chi connectivity index (χ0n) is 12.6. The first-order chi connectivity index (χ1) is 9.52. The standard InChI is InChI=1S/C15H29NO4/c1-3-4-5-6-7-8-16(2)12-9-11(10-17)13(18)15(20)14(12)19/h9,12-15,17-20H,3-8,10H2,1-2H3/t12-,13+,14?,15?/m1/s1. The van der Waals surface area contributed by atoms with E-state index in [0.717, 1.165) is 19.4 Å². The third-order valence-corrected chi connectivity index (χ3v) is 4.09. The van der Waals surface area contributed by atoms with Crippen LogP contribution in [0, 0.1) is 0 Å². The van der Waals surface area contributed by atoms with E-state index in [-0.39, 0.29) is 12.6 Å². The van der Waals surface area contributed by atoms with E-state index in [9.17, 15) is 20.4 Å². The molecule has 0 aromatic carbocycles. The fourth-order valence-electron chi connectivity index (χ4n) is 2.67. The third-order valence-electron chi connectivity index (χ3n) is 4.09. The maximum Gasteiger partial charge on any atom is 0.111 e. The Bertz CT molecular complexity index is 308. The van der Waals surface area contributed by atoms with Crippen LogP contribution in [0.5, 0.6) is 0 Å². The number of likely N-dealkylation sites (N-methyl/N-ethyl adjacent to an activating group) is 1. The molecule has 0 fully saturated rings. The zero-order chi connectivity index (χ0) is 15.1. The van der Waals surface area contributed by atoms with Gasteiger partial charge in [-0.15, -0.1) is 0 Å². The van der Waals surface area contributed by atoms with E-state index in [1.54, 1.807) is 6.08 Å². The minimum Gasteiger partial charge on any atom is -0.392 e. The average Bonchev–Trinajstić information content (AvgIpc) is 2.44. The van der Waals surface area contributed by atoms with Gasteiger partial charge in [-0.25, -0.2) is 0 Å². The van der Waals surface area contributed by atoms with Crippen LogP contribution in [-0.2, 0) is 0 Å². The van der Waals surface area contributed by atoms with E-state index in [1.165, 1.54) is 19.3 Å². The van der Waals surface area contributed by atoms with Gasteiger partial charge in [0.25, 0.3) is 0 Å². The molecule has 5 nitrogen and oxygen atoms in total. The van der Waals surface area contributed by atoms with Crippen molar-refractivity contribution in [2.75, 3.05) is 20.2 Å². The molecule has 1 aliphatic carbocycles. The van der Waals surface area contributed by atoms with Gasteiger partial charge in [-0.2, -0.15) is 0 Å². The second-order valence-electron chi connectivity index (χ2n) is 5.71. The number of aliphatic hydroxyl groups is 4. The molecule has 5 heteroatoms. The Kier molecular flexibility index (Phi) is 7.69. The normalized spacial score (nSPS) is 30.6. The van der Waals surface area contributed by atoms with Gasteiger partial charge >= 0.3 is 0 Å². The quantitative estimate of drug-likeness (QED) is 0.380. The number of unbranched alkanes of at least 4 members (excludes halogenated alkanes) is 4. The van der Waals surface area contributed by atoms with Crippen molar-refractivity contribution in [1.82, 2.24) is 4.90 Å². The summed E-state index contributed by atoms with van der Waals surface area (Å²) >= 11 is 0. The van der Waals surface area contributed by atoms with Crippen LogP contribution in [0.25, 0.3) is 0 Å². The highest BCUT2D eigenvalue weighted by molar-refractivity contribution is 5.21. The Hall–Kier alpha value is -0.460. The Labute approximate surface area is 121 Å². The Balaban J connectivity index is 2.52. The summed E-state index contributed by atoms with van der Waals surface area (Å²) in [5, 5.41) is 38.8. The molecule has 0 aromatic rings. The molecule has 0 saturated carbocycles. The number of hydrogen-bond acceptors (Lipinski definition) is 5. The van der Waals surface area contributed by atoms with Crippen LogP contribution in [-0.4, -0.2) is 69.9 Å². The molecule has 0 amide bonds. The summed E-state index contributed by atoms with van der Waals surface area (Å²) in [7, 11) is 1.89. The highest BCUT2D eigenvalue weighted by atomic mass is 16.4. The van der Waals surface area contributed by atoms with Crippen molar-refractivity contribution in [3.8, 4) is 0 Å². The smallest absolute Gasteiger partial charge is 0.111 e. The molecule has 1 aliphatic rings. The van der Waals surface area contributed by atoms with Crippen LogP contribution in [0.2, 0.25) is 0 Å². The molecule has 4 atom stereocenters. The average molecular weight is 287 g/mol. The highest BCUT2D eigenvalue weighted by Gasteiger charge is 2.38. The molecule has 1 rings (SSSR count). The van der Waals surface area contributed by atoms with Crippen molar-refractivity contribution < 1.29 is 20.4 Å². The minimum absolute atomic E-state index is 0.300. The predicted molar refractivity (Wildman–Crippen MR) is 78.4 cm³/mol.